The third-order valence-corrected chi connectivity index (χ3v) is 4.79. The molecule has 2 aliphatic rings. The summed E-state index contributed by atoms with van der Waals surface area (Å²) in [6.45, 7) is 0.865. The molecule has 0 aliphatic carbocycles. The number of carbonyl (C=O) groups excluding carboxylic acids is 2. The van der Waals surface area contributed by atoms with Gasteiger partial charge in [-0.05, 0) is 36.6 Å². The van der Waals surface area contributed by atoms with E-state index in [1.54, 1.807) is 18.2 Å². The SMILES string of the molecule is O=C(NCC(=O)N1CCC[C@H]1c1ccccc1)c1ccc2c(c1)OCO2. The van der Waals surface area contributed by atoms with Crippen LogP contribution in [-0.4, -0.2) is 36.6 Å². The standard InChI is InChI=1S/C20H20N2O4/c23-19(22-10-4-7-16(22)14-5-2-1-3-6-14)12-21-20(24)15-8-9-17-18(11-15)26-13-25-17/h1-3,5-6,8-9,11,16H,4,7,10,12-13H2,(H,21,24)/t16-/m0/s1. The fourth-order valence-corrected chi connectivity index (χ4v) is 3.48. The molecule has 2 amide bonds. The van der Waals surface area contributed by atoms with E-state index in [1.165, 1.54) is 0 Å². The molecule has 2 aromatic carbocycles. The third kappa shape index (κ3) is 3.22. The molecular weight excluding hydrogens is 332 g/mol. The van der Waals surface area contributed by atoms with Gasteiger partial charge in [-0.1, -0.05) is 30.3 Å². The highest BCUT2D eigenvalue weighted by Gasteiger charge is 2.29. The van der Waals surface area contributed by atoms with E-state index < -0.39 is 0 Å². The number of nitrogens with one attached hydrogen (secondary N) is 1. The van der Waals surface area contributed by atoms with Crippen molar-refractivity contribution >= 4 is 11.8 Å². The van der Waals surface area contributed by atoms with E-state index in [0.717, 1.165) is 24.9 Å². The summed E-state index contributed by atoms with van der Waals surface area (Å²) < 4.78 is 10.5. The molecule has 0 aromatic heterocycles. The lowest BCUT2D eigenvalue weighted by molar-refractivity contribution is -0.131. The maximum Gasteiger partial charge on any atom is 0.251 e. The number of ether oxygens (including phenoxy) is 2. The van der Waals surface area contributed by atoms with E-state index in [0.29, 0.717) is 17.1 Å². The first-order valence-electron chi connectivity index (χ1n) is 8.74. The Kier molecular flexibility index (Phi) is 4.48. The van der Waals surface area contributed by atoms with Gasteiger partial charge in [-0.2, -0.15) is 0 Å². The van der Waals surface area contributed by atoms with Crippen molar-refractivity contribution in [1.29, 1.82) is 0 Å². The Balaban J connectivity index is 1.38. The molecule has 1 N–H and O–H groups in total. The Hall–Kier alpha value is -3.02. The number of nitrogens with zero attached hydrogens (tertiary/aromatic N) is 1. The van der Waals surface area contributed by atoms with Crippen LogP contribution < -0.4 is 14.8 Å². The highest BCUT2D eigenvalue weighted by Crippen LogP contribution is 2.33. The van der Waals surface area contributed by atoms with E-state index in [9.17, 15) is 9.59 Å². The van der Waals surface area contributed by atoms with Gasteiger partial charge in [0.15, 0.2) is 11.5 Å². The van der Waals surface area contributed by atoms with Crippen LogP contribution in [0.2, 0.25) is 0 Å². The molecule has 0 bridgehead atoms. The molecule has 134 valence electrons. The first kappa shape index (κ1) is 16.4. The monoisotopic (exact) mass is 352 g/mol. The maximum atomic E-state index is 12.6. The number of amides is 2. The van der Waals surface area contributed by atoms with Crippen LogP contribution in [0.25, 0.3) is 0 Å². The molecule has 2 aromatic rings. The van der Waals surface area contributed by atoms with Crippen LogP contribution in [-0.2, 0) is 4.79 Å². The second kappa shape index (κ2) is 7.07. The van der Waals surface area contributed by atoms with Crippen LogP contribution in [0.1, 0.15) is 34.8 Å². The highest BCUT2D eigenvalue weighted by molar-refractivity contribution is 5.97. The van der Waals surface area contributed by atoms with Gasteiger partial charge in [0.05, 0.1) is 12.6 Å². The summed E-state index contributed by atoms with van der Waals surface area (Å²) in [6, 6.07) is 15.1. The minimum atomic E-state index is -0.299. The number of fused-ring (bicyclic) bond motifs is 1. The molecule has 6 heteroatoms. The van der Waals surface area contributed by atoms with Crippen LogP contribution in [0.15, 0.2) is 48.5 Å². The zero-order valence-electron chi connectivity index (χ0n) is 14.3. The fraction of sp³-hybridized carbons (Fsp3) is 0.300. The molecule has 0 spiro atoms. The summed E-state index contributed by atoms with van der Waals surface area (Å²) in [5.41, 5.74) is 1.59. The molecule has 2 aliphatic heterocycles. The highest BCUT2D eigenvalue weighted by atomic mass is 16.7. The van der Waals surface area contributed by atoms with Crippen molar-refractivity contribution in [2.75, 3.05) is 19.9 Å². The molecular formula is C20H20N2O4. The number of benzene rings is 2. The van der Waals surface area contributed by atoms with E-state index in [1.807, 2.05) is 35.2 Å². The van der Waals surface area contributed by atoms with E-state index >= 15 is 0 Å². The van der Waals surface area contributed by atoms with Crippen LogP contribution in [0, 0.1) is 0 Å². The van der Waals surface area contributed by atoms with Gasteiger partial charge in [-0.25, -0.2) is 0 Å². The molecule has 0 saturated carbocycles. The number of carbonyl (C=O) groups is 2. The molecule has 4 rings (SSSR count). The summed E-state index contributed by atoms with van der Waals surface area (Å²) in [7, 11) is 0. The Labute approximate surface area is 151 Å². The Morgan fingerprint density at radius 3 is 2.73 bits per heavy atom. The summed E-state index contributed by atoms with van der Waals surface area (Å²) >= 11 is 0. The minimum absolute atomic E-state index is 0.0173. The number of likely N-dealkylation sites (tertiary alicyclic amines) is 1. The van der Waals surface area contributed by atoms with Crippen LogP contribution in [0.5, 0.6) is 11.5 Å². The molecule has 26 heavy (non-hydrogen) atoms. The lowest BCUT2D eigenvalue weighted by Crippen LogP contribution is -2.39. The van der Waals surface area contributed by atoms with Crippen molar-refractivity contribution in [2.24, 2.45) is 0 Å². The van der Waals surface area contributed by atoms with Gasteiger partial charge < -0.3 is 19.7 Å². The maximum absolute atomic E-state index is 12.6. The van der Waals surface area contributed by atoms with Crippen LogP contribution in [0.4, 0.5) is 0 Å². The third-order valence-electron chi connectivity index (χ3n) is 4.79. The first-order valence-corrected chi connectivity index (χ1v) is 8.74. The molecule has 1 saturated heterocycles. The summed E-state index contributed by atoms with van der Waals surface area (Å²) in [4.78, 5) is 26.8. The van der Waals surface area contributed by atoms with E-state index in [4.69, 9.17) is 9.47 Å². The van der Waals surface area contributed by atoms with Crippen molar-refractivity contribution in [3.63, 3.8) is 0 Å². The van der Waals surface area contributed by atoms with Crippen molar-refractivity contribution in [3.8, 4) is 11.5 Å². The van der Waals surface area contributed by atoms with Gasteiger partial charge in [0.2, 0.25) is 12.7 Å². The van der Waals surface area contributed by atoms with Gasteiger partial charge in [0.25, 0.3) is 5.91 Å². The van der Waals surface area contributed by atoms with Gasteiger partial charge in [-0.3, -0.25) is 9.59 Å². The molecule has 6 nitrogen and oxygen atoms in total. The fourth-order valence-electron chi connectivity index (χ4n) is 3.48. The molecule has 1 fully saturated rings. The lowest BCUT2D eigenvalue weighted by atomic mass is 10.0. The van der Waals surface area contributed by atoms with Gasteiger partial charge >= 0.3 is 0 Å². The van der Waals surface area contributed by atoms with Crippen LogP contribution in [0.3, 0.4) is 0 Å². The summed E-state index contributed by atoms with van der Waals surface area (Å²) in [6.07, 6.45) is 1.92. The molecule has 2 heterocycles. The van der Waals surface area contributed by atoms with Crippen molar-refractivity contribution in [1.82, 2.24) is 10.2 Å². The molecule has 0 unspecified atom stereocenters. The predicted molar refractivity (Wildman–Crippen MR) is 95.0 cm³/mol. The quantitative estimate of drug-likeness (QED) is 0.918. The van der Waals surface area contributed by atoms with Crippen LogP contribution >= 0.6 is 0 Å². The average molecular weight is 352 g/mol. The van der Waals surface area contributed by atoms with Crippen molar-refractivity contribution < 1.29 is 19.1 Å². The van der Waals surface area contributed by atoms with E-state index in [2.05, 4.69) is 5.32 Å². The number of hydrogen-bond acceptors (Lipinski definition) is 4. The Bertz CT molecular complexity index is 822. The summed E-state index contributed by atoms with van der Waals surface area (Å²) in [5, 5.41) is 2.71. The van der Waals surface area contributed by atoms with Crippen molar-refractivity contribution in [2.45, 2.75) is 18.9 Å². The lowest BCUT2D eigenvalue weighted by Gasteiger charge is -2.25. The number of rotatable bonds is 4. The zero-order valence-corrected chi connectivity index (χ0v) is 14.3. The van der Waals surface area contributed by atoms with Gasteiger partial charge in [-0.15, -0.1) is 0 Å². The summed E-state index contributed by atoms with van der Waals surface area (Å²) in [5.74, 6) is 0.811. The first-order chi connectivity index (χ1) is 12.7. The normalized spacial score (nSPS) is 18.0. The van der Waals surface area contributed by atoms with E-state index in [-0.39, 0.29) is 31.2 Å². The van der Waals surface area contributed by atoms with Gasteiger partial charge in [0.1, 0.15) is 0 Å². The second-order valence-corrected chi connectivity index (χ2v) is 6.41. The zero-order chi connectivity index (χ0) is 17.9. The minimum Gasteiger partial charge on any atom is -0.454 e. The smallest absolute Gasteiger partial charge is 0.251 e. The predicted octanol–water partition coefficient (Wildman–Crippen LogP) is 2.51. The average Bonchev–Trinajstić information content (AvgIpc) is 3.35. The van der Waals surface area contributed by atoms with Crippen molar-refractivity contribution in [3.05, 3.63) is 59.7 Å². The second-order valence-electron chi connectivity index (χ2n) is 6.41. The molecule has 1 atom stereocenters. The van der Waals surface area contributed by atoms with Gasteiger partial charge in [0, 0.05) is 12.1 Å². The topological polar surface area (TPSA) is 67.9 Å². The Morgan fingerprint density at radius 1 is 1.08 bits per heavy atom. The largest absolute Gasteiger partial charge is 0.454 e. The molecule has 0 radical (unpaired) electrons. The number of hydrogen-bond donors (Lipinski definition) is 1. The Morgan fingerprint density at radius 2 is 1.88 bits per heavy atom.